The van der Waals surface area contributed by atoms with E-state index in [9.17, 15) is 26.8 Å². The van der Waals surface area contributed by atoms with E-state index in [4.69, 9.17) is 10.5 Å². The van der Waals surface area contributed by atoms with Crippen molar-refractivity contribution >= 4 is 33.0 Å². The lowest BCUT2D eigenvalue weighted by atomic mass is 10.1. The number of nitrogens with two attached hydrogens (primary N) is 1. The maximum atomic E-state index is 14.0. The monoisotopic (exact) mass is 496 g/mol. The minimum atomic E-state index is -3.77. The van der Waals surface area contributed by atoms with Gasteiger partial charge in [0.2, 0.25) is 21.4 Å². The lowest BCUT2D eigenvalue weighted by Gasteiger charge is -2.30. The Morgan fingerprint density at radius 3 is 2.45 bits per heavy atom. The summed E-state index contributed by atoms with van der Waals surface area (Å²) in [5.41, 5.74) is 4.65. The molecule has 0 amide bonds. The average Bonchev–Trinajstić information content (AvgIpc) is 3.14. The van der Waals surface area contributed by atoms with Gasteiger partial charge in [0.15, 0.2) is 0 Å². The van der Waals surface area contributed by atoms with E-state index in [0.29, 0.717) is 12.8 Å². The molecule has 0 aliphatic carbocycles. The second kappa shape index (κ2) is 9.00. The number of benzene rings is 1. The summed E-state index contributed by atoms with van der Waals surface area (Å²) in [5, 5.41) is 0.0505. The van der Waals surface area contributed by atoms with Gasteiger partial charge in [-0.25, -0.2) is 17.2 Å². The summed E-state index contributed by atoms with van der Waals surface area (Å²) in [6.07, 6.45) is 1.43. The van der Waals surface area contributed by atoms with Gasteiger partial charge in [0.05, 0.1) is 10.5 Å². The number of nitrogen functional groups attached to an aromatic ring is 1. The Bertz CT molecular complexity index is 1320. The molecule has 0 bridgehead atoms. The van der Waals surface area contributed by atoms with Crippen LogP contribution in [0.2, 0.25) is 0 Å². The number of aromatic nitrogens is 2. The Hall–Kier alpha value is -3.16. The lowest BCUT2D eigenvalue weighted by molar-refractivity contribution is 0.103. The summed E-state index contributed by atoms with van der Waals surface area (Å²) in [5.74, 6) is -3.16. The molecule has 1 fully saturated rings. The van der Waals surface area contributed by atoms with E-state index in [1.54, 1.807) is 0 Å². The second-order valence-corrected chi connectivity index (χ2v) is 10.1. The van der Waals surface area contributed by atoms with E-state index in [0.717, 1.165) is 41.8 Å². The highest BCUT2D eigenvalue weighted by Gasteiger charge is 2.31. The minimum Gasteiger partial charge on any atom is -0.467 e. The van der Waals surface area contributed by atoms with Crippen LogP contribution >= 0.6 is 11.3 Å². The van der Waals surface area contributed by atoms with E-state index in [1.807, 2.05) is 0 Å². The largest absolute Gasteiger partial charge is 0.467 e. The number of halogens is 2. The number of anilines is 1. The number of hydrogen-bond donors (Lipinski definition) is 2. The highest BCUT2D eigenvalue weighted by atomic mass is 32.2. The predicted molar refractivity (Wildman–Crippen MR) is 116 cm³/mol. The van der Waals surface area contributed by atoms with Crippen LogP contribution in [0.4, 0.5) is 14.6 Å². The fourth-order valence-electron chi connectivity index (χ4n) is 3.39. The number of piperidine rings is 1. The molecule has 0 unspecified atom stereocenters. The number of sulfonamides is 1. The molecule has 1 aromatic carbocycles. The van der Waals surface area contributed by atoms with Crippen molar-refractivity contribution in [3.05, 3.63) is 69.0 Å². The van der Waals surface area contributed by atoms with Crippen molar-refractivity contribution < 1.29 is 26.7 Å². The van der Waals surface area contributed by atoms with E-state index in [2.05, 4.69) is 9.97 Å². The summed E-state index contributed by atoms with van der Waals surface area (Å²) in [7, 11) is -3.77. The number of rotatable bonds is 6. The summed E-state index contributed by atoms with van der Waals surface area (Å²) in [4.78, 5) is 29.9. The van der Waals surface area contributed by atoms with Crippen LogP contribution in [-0.4, -0.2) is 47.7 Å². The number of nitrogens with one attached hydrogen (secondary N) is 1. The summed E-state index contributed by atoms with van der Waals surface area (Å²) < 4.78 is 60.4. The third-order valence-electron chi connectivity index (χ3n) is 5.09. The molecule has 0 radical (unpaired) electrons. The number of hydrogen-bond acceptors (Lipinski definition) is 8. The molecule has 0 saturated carbocycles. The highest BCUT2D eigenvalue weighted by molar-refractivity contribution is 7.89. The standard InChI is InChI=1S/C20H18F2N4O5S2/c21-13-2-1-3-14(22)16(13)17(28)18-19(23)25-20(32-18)31-11-6-8-26(9-7-11)33(29,30)12-4-5-15(27)24-10-12/h1-5,10-11H,6-9,23H2,(H,24,27). The number of aromatic amines is 1. The van der Waals surface area contributed by atoms with Gasteiger partial charge in [0, 0.05) is 25.4 Å². The Kier molecular flexibility index (Phi) is 6.28. The molecular weight excluding hydrogens is 478 g/mol. The molecule has 174 valence electrons. The molecule has 4 rings (SSSR count). The van der Waals surface area contributed by atoms with Gasteiger partial charge in [0.25, 0.3) is 5.19 Å². The first-order valence-corrected chi connectivity index (χ1v) is 12.0. The van der Waals surface area contributed by atoms with Gasteiger partial charge in [-0.2, -0.15) is 9.29 Å². The van der Waals surface area contributed by atoms with Crippen molar-refractivity contribution in [1.29, 1.82) is 0 Å². The van der Waals surface area contributed by atoms with E-state index in [-0.39, 0.29) is 33.9 Å². The van der Waals surface area contributed by atoms with Crippen molar-refractivity contribution in [3.8, 4) is 5.19 Å². The minimum absolute atomic E-state index is 0.0160. The maximum Gasteiger partial charge on any atom is 0.276 e. The first-order valence-electron chi connectivity index (χ1n) is 9.77. The number of thiazole rings is 1. The summed E-state index contributed by atoms with van der Waals surface area (Å²) >= 11 is 0.771. The number of ether oxygens (including phenoxy) is 1. The van der Waals surface area contributed by atoms with Crippen molar-refractivity contribution in [2.24, 2.45) is 0 Å². The third kappa shape index (κ3) is 4.65. The highest BCUT2D eigenvalue weighted by Crippen LogP contribution is 2.32. The van der Waals surface area contributed by atoms with Gasteiger partial charge in [-0.3, -0.25) is 9.59 Å². The quantitative estimate of drug-likeness (QED) is 0.499. The van der Waals surface area contributed by atoms with Crippen molar-refractivity contribution in [2.75, 3.05) is 18.8 Å². The lowest BCUT2D eigenvalue weighted by Crippen LogP contribution is -2.41. The van der Waals surface area contributed by atoms with Crippen molar-refractivity contribution in [1.82, 2.24) is 14.3 Å². The fourth-order valence-corrected chi connectivity index (χ4v) is 5.68. The average molecular weight is 497 g/mol. The van der Waals surface area contributed by atoms with Crippen LogP contribution in [-0.2, 0) is 10.0 Å². The SMILES string of the molecule is Nc1nc(OC2CCN(S(=O)(=O)c3ccc(=O)[nH]c3)CC2)sc1C(=O)c1c(F)cccc1F. The first kappa shape index (κ1) is 23.0. The van der Waals surface area contributed by atoms with E-state index >= 15 is 0 Å². The molecule has 33 heavy (non-hydrogen) atoms. The Balaban J connectivity index is 1.43. The van der Waals surface area contributed by atoms with Gasteiger partial charge >= 0.3 is 0 Å². The van der Waals surface area contributed by atoms with Gasteiger partial charge < -0.3 is 15.5 Å². The number of nitrogens with zero attached hydrogens (tertiary/aromatic N) is 2. The van der Waals surface area contributed by atoms with Crippen LogP contribution in [0.25, 0.3) is 0 Å². The molecule has 1 aliphatic rings. The van der Waals surface area contributed by atoms with Gasteiger partial charge in [0.1, 0.15) is 28.4 Å². The van der Waals surface area contributed by atoms with Gasteiger partial charge in [-0.1, -0.05) is 17.4 Å². The normalized spacial score (nSPS) is 15.5. The smallest absolute Gasteiger partial charge is 0.276 e. The number of carbonyl (C=O) groups excluding carboxylic acids is 1. The molecular formula is C20H18F2N4O5S2. The maximum absolute atomic E-state index is 14.0. The van der Waals surface area contributed by atoms with Crippen LogP contribution in [0.1, 0.15) is 28.1 Å². The van der Waals surface area contributed by atoms with Crippen LogP contribution < -0.4 is 16.0 Å². The van der Waals surface area contributed by atoms with Crippen LogP contribution in [0.15, 0.2) is 46.2 Å². The Morgan fingerprint density at radius 1 is 1.18 bits per heavy atom. The topological polar surface area (TPSA) is 135 Å². The van der Waals surface area contributed by atoms with Gasteiger partial charge in [-0.05, 0) is 31.0 Å². The van der Waals surface area contributed by atoms with Crippen LogP contribution in [0, 0.1) is 11.6 Å². The van der Waals surface area contributed by atoms with Gasteiger partial charge in [-0.15, -0.1) is 0 Å². The van der Waals surface area contributed by atoms with E-state index in [1.165, 1.54) is 10.4 Å². The number of carbonyl (C=O) groups is 1. The fraction of sp³-hybridized carbons (Fsp3) is 0.250. The molecule has 3 heterocycles. The molecule has 1 aliphatic heterocycles. The summed E-state index contributed by atoms with van der Waals surface area (Å²) in [6.45, 7) is 0.332. The summed E-state index contributed by atoms with van der Waals surface area (Å²) in [6, 6.07) is 5.48. The number of pyridine rings is 1. The molecule has 1 saturated heterocycles. The zero-order chi connectivity index (χ0) is 23.8. The molecule has 9 nitrogen and oxygen atoms in total. The first-order chi connectivity index (χ1) is 15.7. The second-order valence-electron chi connectivity index (χ2n) is 7.23. The molecule has 0 spiro atoms. The molecule has 3 N–H and O–H groups in total. The van der Waals surface area contributed by atoms with Crippen molar-refractivity contribution in [2.45, 2.75) is 23.8 Å². The number of H-pyrrole nitrogens is 1. The predicted octanol–water partition coefficient (Wildman–Crippen LogP) is 2.15. The zero-order valence-electron chi connectivity index (χ0n) is 17.0. The Morgan fingerprint density at radius 2 is 1.85 bits per heavy atom. The molecule has 13 heteroatoms. The Labute approximate surface area is 190 Å². The number of ketones is 1. The zero-order valence-corrected chi connectivity index (χ0v) is 18.6. The molecule has 2 aromatic heterocycles. The molecule has 0 atom stereocenters. The van der Waals surface area contributed by atoms with Crippen LogP contribution in [0.5, 0.6) is 5.19 Å². The third-order valence-corrected chi connectivity index (χ3v) is 7.95. The van der Waals surface area contributed by atoms with Crippen LogP contribution in [0.3, 0.4) is 0 Å². The molecule has 3 aromatic rings. The van der Waals surface area contributed by atoms with Crippen molar-refractivity contribution in [3.63, 3.8) is 0 Å². The van der Waals surface area contributed by atoms with E-state index < -0.39 is 44.7 Å².